The van der Waals surface area contributed by atoms with Gasteiger partial charge in [0.25, 0.3) is 0 Å². The van der Waals surface area contributed by atoms with Gasteiger partial charge in [-0.15, -0.1) is 6.58 Å². The van der Waals surface area contributed by atoms with Crippen LogP contribution in [0.25, 0.3) is 0 Å². The molecule has 0 aliphatic rings. The number of allylic oxidation sites excluding steroid dienone is 1. The monoisotopic (exact) mass is 182 g/mol. The molecule has 0 radical (unpaired) electrons. The summed E-state index contributed by atoms with van der Waals surface area (Å²) in [7, 11) is 0. The summed E-state index contributed by atoms with van der Waals surface area (Å²) in [5, 5.41) is 0. The molecule has 0 aromatic rings. The molecule has 0 bridgehead atoms. The van der Waals surface area contributed by atoms with Gasteiger partial charge in [-0.25, -0.2) is 0 Å². The Morgan fingerprint density at radius 3 is 2.23 bits per heavy atom. The standard InChI is InChI=1S/C13H26/c1-6-9-11(4)12(5)13(8-3)10-7-2/h7,11-13H,2,6,8-10H2,1,3-5H3. The van der Waals surface area contributed by atoms with E-state index in [0.29, 0.717) is 0 Å². The Labute approximate surface area is 84.4 Å². The van der Waals surface area contributed by atoms with E-state index in [9.17, 15) is 0 Å². The van der Waals surface area contributed by atoms with Crippen molar-refractivity contribution < 1.29 is 0 Å². The van der Waals surface area contributed by atoms with Crippen LogP contribution in [0.15, 0.2) is 12.7 Å². The van der Waals surface area contributed by atoms with Gasteiger partial charge < -0.3 is 0 Å². The Bertz CT molecular complexity index is 126. The Hall–Kier alpha value is -0.260. The van der Waals surface area contributed by atoms with Crippen molar-refractivity contribution in [3.8, 4) is 0 Å². The summed E-state index contributed by atoms with van der Waals surface area (Å²) in [6.45, 7) is 13.2. The van der Waals surface area contributed by atoms with Gasteiger partial charge in [0.05, 0.1) is 0 Å². The molecule has 0 amide bonds. The van der Waals surface area contributed by atoms with Crippen molar-refractivity contribution in [2.75, 3.05) is 0 Å². The third kappa shape index (κ3) is 4.50. The van der Waals surface area contributed by atoms with Crippen molar-refractivity contribution in [1.29, 1.82) is 0 Å². The molecule has 3 unspecified atom stereocenters. The molecule has 0 spiro atoms. The molecule has 0 heteroatoms. The van der Waals surface area contributed by atoms with Crippen LogP contribution in [-0.4, -0.2) is 0 Å². The third-order valence-corrected chi connectivity index (χ3v) is 3.38. The fourth-order valence-electron chi connectivity index (χ4n) is 2.15. The quantitative estimate of drug-likeness (QED) is 0.502. The highest BCUT2D eigenvalue weighted by molar-refractivity contribution is 4.78. The minimum absolute atomic E-state index is 0.846. The molecule has 0 nitrogen and oxygen atoms in total. The lowest BCUT2D eigenvalue weighted by Gasteiger charge is -2.27. The van der Waals surface area contributed by atoms with Gasteiger partial charge in [-0.05, 0) is 24.2 Å². The second-order valence-corrected chi connectivity index (χ2v) is 4.32. The summed E-state index contributed by atoms with van der Waals surface area (Å²) in [5.74, 6) is 2.57. The summed E-state index contributed by atoms with van der Waals surface area (Å²) in [6, 6.07) is 0. The maximum absolute atomic E-state index is 3.84. The van der Waals surface area contributed by atoms with Crippen molar-refractivity contribution in [2.24, 2.45) is 17.8 Å². The maximum Gasteiger partial charge on any atom is -0.0322 e. The van der Waals surface area contributed by atoms with Gasteiger partial charge in [0.2, 0.25) is 0 Å². The van der Waals surface area contributed by atoms with Crippen LogP contribution in [0.3, 0.4) is 0 Å². The Kier molecular flexibility index (Phi) is 7.03. The first-order chi connectivity index (χ1) is 6.17. The lowest BCUT2D eigenvalue weighted by atomic mass is 9.79. The molecule has 0 aromatic carbocycles. The van der Waals surface area contributed by atoms with E-state index in [-0.39, 0.29) is 0 Å². The Morgan fingerprint density at radius 1 is 1.23 bits per heavy atom. The van der Waals surface area contributed by atoms with E-state index in [2.05, 4.69) is 40.3 Å². The van der Waals surface area contributed by atoms with Crippen LogP contribution in [0.2, 0.25) is 0 Å². The van der Waals surface area contributed by atoms with Crippen LogP contribution in [0, 0.1) is 17.8 Å². The molecule has 3 atom stereocenters. The summed E-state index contributed by atoms with van der Waals surface area (Å²) >= 11 is 0. The van der Waals surface area contributed by atoms with Crippen LogP contribution in [0.1, 0.15) is 53.4 Å². The van der Waals surface area contributed by atoms with E-state index in [1.807, 2.05) is 0 Å². The molecule has 0 saturated heterocycles. The molecule has 13 heavy (non-hydrogen) atoms. The van der Waals surface area contributed by atoms with Crippen molar-refractivity contribution in [3.63, 3.8) is 0 Å². The van der Waals surface area contributed by atoms with Gasteiger partial charge in [-0.1, -0.05) is 53.0 Å². The van der Waals surface area contributed by atoms with Gasteiger partial charge in [0.1, 0.15) is 0 Å². The summed E-state index contributed by atoms with van der Waals surface area (Å²) in [5.41, 5.74) is 0. The molecule has 0 aliphatic heterocycles. The van der Waals surface area contributed by atoms with Crippen LogP contribution in [0.5, 0.6) is 0 Å². The molecular weight excluding hydrogens is 156 g/mol. The molecule has 0 saturated carbocycles. The highest BCUT2D eigenvalue weighted by Gasteiger charge is 2.19. The van der Waals surface area contributed by atoms with Crippen molar-refractivity contribution >= 4 is 0 Å². The second kappa shape index (κ2) is 7.17. The fourth-order valence-corrected chi connectivity index (χ4v) is 2.15. The molecule has 78 valence electrons. The van der Waals surface area contributed by atoms with Crippen molar-refractivity contribution in [3.05, 3.63) is 12.7 Å². The van der Waals surface area contributed by atoms with E-state index in [0.717, 1.165) is 17.8 Å². The first-order valence-corrected chi connectivity index (χ1v) is 5.78. The van der Waals surface area contributed by atoms with Gasteiger partial charge in [-0.2, -0.15) is 0 Å². The Balaban J connectivity index is 4.01. The summed E-state index contributed by atoms with van der Waals surface area (Å²) in [6.07, 6.45) is 7.24. The van der Waals surface area contributed by atoms with Gasteiger partial charge >= 0.3 is 0 Å². The lowest BCUT2D eigenvalue weighted by molar-refractivity contribution is 0.244. The first-order valence-electron chi connectivity index (χ1n) is 5.78. The SMILES string of the molecule is C=CCC(CC)C(C)C(C)CCC. The number of hydrogen-bond donors (Lipinski definition) is 0. The zero-order valence-electron chi connectivity index (χ0n) is 9.84. The van der Waals surface area contributed by atoms with Crippen LogP contribution < -0.4 is 0 Å². The van der Waals surface area contributed by atoms with Gasteiger partial charge in [-0.3, -0.25) is 0 Å². The topological polar surface area (TPSA) is 0 Å². The highest BCUT2D eigenvalue weighted by Crippen LogP contribution is 2.29. The third-order valence-electron chi connectivity index (χ3n) is 3.38. The van der Waals surface area contributed by atoms with E-state index < -0.39 is 0 Å². The van der Waals surface area contributed by atoms with E-state index >= 15 is 0 Å². The zero-order valence-corrected chi connectivity index (χ0v) is 9.84. The minimum atomic E-state index is 0.846. The molecule has 0 aromatic heterocycles. The molecule has 0 aliphatic carbocycles. The lowest BCUT2D eigenvalue weighted by Crippen LogP contribution is -2.18. The van der Waals surface area contributed by atoms with Crippen LogP contribution in [-0.2, 0) is 0 Å². The predicted molar refractivity (Wildman–Crippen MR) is 61.8 cm³/mol. The van der Waals surface area contributed by atoms with Crippen molar-refractivity contribution in [1.82, 2.24) is 0 Å². The zero-order chi connectivity index (χ0) is 10.3. The number of hydrogen-bond acceptors (Lipinski definition) is 0. The molecular formula is C13H26. The van der Waals surface area contributed by atoms with Crippen LogP contribution >= 0.6 is 0 Å². The van der Waals surface area contributed by atoms with Crippen LogP contribution in [0.4, 0.5) is 0 Å². The van der Waals surface area contributed by atoms with Gasteiger partial charge in [0.15, 0.2) is 0 Å². The maximum atomic E-state index is 3.84. The predicted octanol–water partition coefficient (Wildman–Crippen LogP) is 4.66. The van der Waals surface area contributed by atoms with Gasteiger partial charge in [0, 0.05) is 0 Å². The molecule has 0 rings (SSSR count). The Morgan fingerprint density at radius 2 is 1.85 bits per heavy atom. The molecule has 0 N–H and O–H groups in total. The largest absolute Gasteiger partial charge is 0.103 e. The van der Waals surface area contributed by atoms with Crippen molar-refractivity contribution in [2.45, 2.75) is 53.4 Å². The first kappa shape index (κ1) is 12.7. The number of rotatable bonds is 7. The van der Waals surface area contributed by atoms with E-state index in [1.165, 1.54) is 25.7 Å². The smallest absolute Gasteiger partial charge is 0.0322 e. The van der Waals surface area contributed by atoms with E-state index in [4.69, 9.17) is 0 Å². The van der Waals surface area contributed by atoms with E-state index in [1.54, 1.807) is 0 Å². The summed E-state index contributed by atoms with van der Waals surface area (Å²) in [4.78, 5) is 0. The average molecular weight is 182 g/mol. The second-order valence-electron chi connectivity index (χ2n) is 4.32. The fraction of sp³-hybridized carbons (Fsp3) is 0.846. The highest BCUT2D eigenvalue weighted by atomic mass is 14.2. The summed E-state index contributed by atoms with van der Waals surface area (Å²) < 4.78 is 0. The molecule has 0 heterocycles. The average Bonchev–Trinajstić information content (AvgIpc) is 2.13. The normalized spacial score (nSPS) is 17.8. The molecule has 0 fully saturated rings. The minimum Gasteiger partial charge on any atom is -0.103 e.